The van der Waals surface area contributed by atoms with Crippen molar-refractivity contribution in [2.24, 2.45) is 0 Å². The quantitative estimate of drug-likeness (QED) is 0.538. The van der Waals surface area contributed by atoms with Crippen molar-refractivity contribution in [3.05, 3.63) is 0 Å². The average Bonchev–Trinajstić information content (AvgIpc) is 2.73. The van der Waals surface area contributed by atoms with E-state index in [-0.39, 0.29) is 32.7 Å². The molecule has 134 valence electrons. The van der Waals surface area contributed by atoms with Crippen molar-refractivity contribution in [2.45, 2.75) is 24.9 Å². The summed E-state index contributed by atoms with van der Waals surface area (Å²) in [6.07, 6.45) is 0.582. The number of carbonyl (C=O) groups is 3. The van der Waals surface area contributed by atoms with Crippen molar-refractivity contribution in [3.8, 4) is 0 Å². The smallest absolute Gasteiger partial charge is 0.370 e. The fourth-order valence-electron chi connectivity index (χ4n) is 2.95. The van der Waals surface area contributed by atoms with E-state index in [0.717, 1.165) is 9.91 Å². The number of morpholine rings is 1. The summed E-state index contributed by atoms with van der Waals surface area (Å²) in [5.74, 6) is -0.946. The van der Waals surface area contributed by atoms with E-state index in [0.29, 0.717) is 11.5 Å². The van der Waals surface area contributed by atoms with Crippen LogP contribution in [0.5, 0.6) is 0 Å². The highest BCUT2D eigenvalue weighted by Gasteiger charge is 2.49. The second-order valence-electron chi connectivity index (χ2n) is 5.58. The first-order chi connectivity index (χ1) is 11.3. The van der Waals surface area contributed by atoms with Gasteiger partial charge < -0.3 is 9.64 Å². The summed E-state index contributed by atoms with van der Waals surface area (Å²) >= 11 is 0. The molecule has 24 heavy (non-hydrogen) atoms. The Balaban J connectivity index is 1.67. The van der Waals surface area contributed by atoms with Gasteiger partial charge in [0.2, 0.25) is 0 Å². The minimum Gasteiger partial charge on any atom is -0.370 e. The number of hydroxylamine groups is 2. The Hall–Kier alpha value is -1.96. The normalized spacial score (nSPS) is 27.6. The van der Waals surface area contributed by atoms with E-state index in [1.165, 1.54) is 0 Å². The molecule has 3 heterocycles. The minimum absolute atomic E-state index is 0.0868. The second kappa shape index (κ2) is 6.16. The van der Waals surface area contributed by atoms with Crippen molar-refractivity contribution < 1.29 is 36.4 Å². The molecule has 0 aromatic heterocycles. The molecule has 2 atom stereocenters. The Morgan fingerprint density at radius 2 is 2.08 bits per heavy atom. The highest BCUT2D eigenvalue weighted by molar-refractivity contribution is 7.80. The molecule has 3 aliphatic rings. The number of nitrogens with one attached hydrogen (secondary N) is 1. The zero-order valence-corrected chi connectivity index (χ0v) is 13.3. The van der Waals surface area contributed by atoms with E-state index in [2.05, 4.69) is 9.71 Å². The van der Waals surface area contributed by atoms with Crippen LogP contribution in [-0.4, -0.2) is 84.2 Å². The SMILES string of the molecule is O=C(NN1CCOCC1=O)[C@@H]1CC[C@@H]2CN1C(=O)N2OS(=O)(=O)O. The van der Waals surface area contributed by atoms with Crippen LogP contribution < -0.4 is 5.43 Å². The summed E-state index contributed by atoms with van der Waals surface area (Å²) in [6.45, 7) is 0.443. The molecule has 0 aromatic rings. The topological polar surface area (TPSA) is 146 Å². The number of fused-ring (bicyclic) bond motifs is 2. The third kappa shape index (κ3) is 3.28. The maximum absolute atomic E-state index is 12.4. The second-order valence-corrected chi connectivity index (χ2v) is 6.59. The van der Waals surface area contributed by atoms with Crippen molar-refractivity contribution in [1.82, 2.24) is 20.4 Å². The molecule has 2 N–H and O–H groups in total. The summed E-state index contributed by atoms with van der Waals surface area (Å²) < 4.78 is 39.6. The molecule has 3 fully saturated rings. The lowest BCUT2D eigenvalue weighted by Crippen LogP contribution is -2.58. The van der Waals surface area contributed by atoms with Crippen LogP contribution in [0.2, 0.25) is 0 Å². The molecule has 3 saturated heterocycles. The molecule has 4 amide bonds. The van der Waals surface area contributed by atoms with Gasteiger partial charge in [-0.2, -0.15) is 13.5 Å². The third-order valence-corrected chi connectivity index (χ3v) is 4.38. The number of piperidine rings is 1. The Kier molecular flexibility index (Phi) is 4.33. The molecule has 3 rings (SSSR count). The van der Waals surface area contributed by atoms with Gasteiger partial charge in [0, 0.05) is 6.54 Å². The molecule has 3 aliphatic heterocycles. The number of amides is 4. The molecule has 13 heteroatoms. The molecule has 0 unspecified atom stereocenters. The number of hydrazine groups is 1. The maximum Gasteiger partial charge on any atom is 0.418 e. The van der Waals surface area contributed by atoms with E-state index in [4.69, 9.17) is 9.29 Å². The van der Waals surface area contributed by atoms with Crippen LogP contribution in [0.15, 0.2) is 0 Å². The van der Waals surface area contributed by atoms with Gasteiger partial charge >= 0.3 is 16.4 Å². The number of urea groups is 1. The Morgan fingerprint density at radius 3 is 2.75 bits per heavy atom. The molecule has 0 saturated carbocycles. The van der Waals surface area contributed by atoms with Gasteiger partial charge in [0.25, 0.3) is 11.8 Å². The monoisotopic (exact) mass is 364 g/mol. The highest BCUT2D eigenvalue weighted by atomic mass is 32.3. The summed E-state index contributed by atoms with van der Waals surface area (Å²) in [7, 11) is -4.84. The lowest BCUT2D eigenvalue weighted by atomic mass is 10.0. The van der Waals surface area contributed by atoms with E-state index >= 15 is 0 Å². The van der Waals surface area contributed by atoms with Gasteiger partial charge in [-0.1, -0.05) is 0 Å². The van der Waals surface area contributed by atoms with Crippen molar-refractivity contribution in [3.63, 3.8) is 0 Å². The van der Waals surface area contributed by atoms with Crippen LogP contribution in [0.4, 0.5) is 4.79 Å². The summed E-state index contributed by atoms with van der Waals surface area (Å²) in [5, 5.41) is 1.69. The maximum atomic E-state index is 12.4. The molecule has 0 aromatic carbocycles. The number of rotatable bonds is 4. The Morgan fingerprint density at radius 1 is 1.33 bits per heavy atom. The fraction of sp³-hybridized carbons (Fsp3) is 0.727. The number of carbonyl (C=O) groups excluding carboxylic acids is 3. The predicted molar refractivity (Wildman–Crippen MR) is 74.1 cm³/mol. The van der Waals surface area contributed by atoms with Gasteiger partial charge in [0.15, 0.2) is 0 Å². The summed E-state index contributed by atoms with van der Waals surface area (Å²) in [6, 6.07) is -2.27. The number of hydrogen-bond acceptors (Lipinski definition) is 7. The van der Waals surface area contributed by atoms with Gasteiger partial charge in [-0.05, 0) is 12.8 Å². The minimum atomic E-state index is -4.84. The van der Waals surface area contributed by atoms with E-state index in [1.807, 2.05) is 0 Å². The Bertz CT molecular complexity index is 667. The molecular formula is C11H16N4O8S. The van der Waals surface area contributed by atoms with E-state index in [9.17, 15) is 22.8 Å². The molecule has 0 spiro atoms. The molecule has 12 nitrogen and oxygen atoms in total. The Labute approximate surface area is 137 Å². The first-order valence-electron chi connectivity index (χ1n) is 7.22. The van der Waals surface area contributed by atoms with Crippen LogP contribution in [-0.2, 0) is 29.0 Å². The van der Waals surface area contributed by atoms with E-state index in [1.54, 1.807) is 0 Å². The van der Waals surface area contributed by atoms with Crippen molar-refractivity contribution >= 4 is 28.2 Å². The van der Waals surface area contributed by atoms with Crippen LogP contribution in [0.25, 0.3) is 0 Å². The molecule has 0 aliphatic carbocycles. The summed E-state index contributed by atoms with van der Waals surface area (Å²) in [5.41, 5.74) is 2.45. The van der Waals surface area contributed by atoms with Gasteiger partial charge in [-0.3, -0.25) is 19.6 Å². The third-order valence-electron chi connectivity index (χ3n) is 4.03. The zero-order valence-electron chi connectivity index (χ0n) is 12.5. The predicted octanol–water partition coefficient (Wildman–Crippen LogP) is -2.12. The van der Waals surface area contributed by atoms with Gasteiger partial charge in [-0.15, -0.1) is 4.28 Å². The number of ether oxygens (including phenoxy) is 1. The first-order valence-corrected chi connectivity index (χ1v) is 8.58. The molecule has 0 radical (unpaired) electrons. The van der Waals surface area contributed by atoms with Gasteiger partial charge in [-0.25, -0.2) is 9.80 Å². The lowest BCUT2D eigenvalue weighted by Gasteiger charge is -2.33. The molecular weight excluding hydrogens is 348 g/mol. The number of nitrogens with zero attached hydrogens (tertiary/aromatic N) is 3. The van der Waals surface area contributed by atoms with Crippen LogP contribution >= 0.6 is 0 Å². The van der Waals surface area contributed by atoms with Crippen LogP contribution in [0.1, 0.15) is 12.8 Å². The van der Waals surface area contributed by atoms with Crippen molar-refractivity contribution in [2.75, 3.05) is 26.3 Å². The lowest BCUT2D eigenvalue weighted by molar-refractivity contribution is -0.153. The largest absolute Gasteiger partial charge is 0.418 e. The van der Waals surface area contributed by atoms with Gasteiger partial charge in [0.1, 0.15) is 12.6 Å². The average molecular weight is 364 g/mol. The van der Waals surface area contributed by atoms with Crippen LogP contribution in [0, 0.1) is 0 Å². The van der Waals surface area contributed by atoms with Crippen molar-refractivity contribution in [1.29, 1.82) is 0 Å². The standard InChI is InChI=1S/C11H16N4O8S/c16-9-6-22-4-3-14(9)12-10(17)8-2-1-7-5-13(8)11(18)15(7)23-24(19,20)21/h7-8H,1-6H2,(H,12,17)(H,19,20,21)/t7-,8+/m1/s1. The summed E-state index contributed by atoms with van der Waals surface area (Å²) in [4.78, 5) is 37.4. The fourth-order valence-corrected chi connectivity index (χ4v) is 3.34. The van der Waals surface area contributed by atoms with Gasteiger partial charge in [0.05, 0.1) is 19.2 Å². The zero-order chi connectivity index (χ0) is 17.5. The van der Waals surface area contributed by atoms with Crippen LogP contribution in [0.3, 0.4) is 0 Å². The first kappa shape index (κ1) is 16.9. The molecule has 2 bridgehead atoms. The number of hydrogen-bond donors (Lipinski definition) is 2. The van der Waals surface area contributed by atoms with E-state index < -0.39 is 40.3 Å². The highest BCUT2D eigenvalue weighted by Crippen LogP contribution is 2.30.